The van der Waals surface area contributed by atoms with Crippen LogP contribution in [-0.2, 0) is 16.1 Å². The molecule has 0 atom stereocenters. The highest BCUT2D eigenvalue weighted by Crippen LogP contribution is 2.34. The minimum absolute atomic E-state index is 0.0961. The Bertz CT molecular complexity index is 1100. The maximum absolute atomic E-state index is 14.1. The third-order valence-electron chi connectivity index (χ3n) is 4.23. The van der Waals surface area contributed by atoms with Crippen molar-refractivity contribution in [2.45, 2.75) is 6.54 Å². The first kappa shape index (κ1) is 19.1. The number of hydrogen-bond donors (Lipinski definition) is 2. The smallest absolute Gasteiger partial charge is 0.376 e. The van der Waals surface area contributed by atoms with Crippen molar-refractivity contribution in [3.8, 4) is 5.75 Å². The van der Waals surface area contributed by atoms with E-state index in [1.807, 2.05) is 0 Å². The summed E-state index contributed by atoms with van der Waals surface area (Å²) in [6, 6.07) is 8.42. The van der Waals surface area contributed by atoms with Gasteiger partial charge in [-0.3, -0.25) is 4.79 Å². The number of methoxy groups -OCH3 is 1. The minimum atomic E-state index is -1.73. The SMILES string of the molecule is COc1cccc2c1c(/C(O)=C\C(=O)C(=O)O)cn2Cc1c(F)cccc1F. The number of aliphatic carboxylic acids is 1. The van der Waals surface area contributed by atoms with Gasteiger partial charge >= 0.3 is 5.97 Å². The number of aliphatic hydroxyl groups is 1. The van der Waals surface area contributed by atoms with Gasteiger partial charge in [0.05, 0.1) is 24.6 Å². The van der Waals surface area contributed by atoms with Gasteiger partial charge in [-0.1, -0.05) is 12.1 Å². The van der Waals surface area contributed by atoms with Crippen LogP contribution in [0.2, 0.25) is 0 Å². The molecular weight excluding hydrogens is 372 g/mol. The van der Waals surface area contributed by atoms with Crippen LogP contribution in [0.1, 0.15) is 11.1 Å². The molecule has 2 aromatic carbocycles. The van der Waals surface area contributed by atoms with E-state index in [4.69, 9.17) is 9.84 Å². The fourth-order valence-corrected chi connectivity index (χ4v) is 2.93. The fourth-order valence-electron chi connectivity index (χ4n) is 2.93. The number of benzene rings is 2. The van der Waals surface area contributed by atoms with E-state index in [9.17, 15) is 23.5 Å². The van der Waals surface area contributed by atoms with Gasteiger partial charge in [-0.15, -0.1) is 0 Å². The number of carboxylic acid groups (broad SMARTS) is 1. The number of nitrogens with zero attached hydrogens (tertiary/aromatic N) is 1. The van der Waals surface area contributed by atoms with Gasteiger partial charge in [-0.25, -0.2) is 13.6 Å². The molecule has 0 aliphatic carbocycles. The molecule has 6 nitrogen and oxygen atoms in total. The van der Waals surface area contributed by atoms with Crippen molar-refractivity contribution in [3.05, 3.63) is 71.4 Å². The van der Waals surface area contributed by atoms with E-state index in [1.165, 1.54) is 23.9 Å². The van der Waals surface area contributed by atoms with Crippen LogP contribution in [-0.4, -0.2) is 33.6 Å². The molecular formula is C20H15F2NO5. The van der Waals surface area contributed by atoms with Crippen LogP contribution in [0.5, 0.6) is 5.75 Å². The Morgan fingerprint density at radius 1 is 1.11 bits per heavy atom. The van der Waals surface area contributed by atoms with Crippen LogP contribution in [0.3, 0.4) is 0 Å². The Morgan fingerprint density at radius 3 is 2.36 bits per heavy atom. The van der Waals surface area contributed by atoms with E-state index in [2.05, 4.69) is 0 Å². The van der Waals surface area contributed by atoms with Crippen molar-refractivity contribution >= 4 is 28.4 Å². The predicted octanol–water partition coefficient (Wildman–Crippen LogP) is 3.53. The number of halogens is 2. The van der Waals surface area contributed by atoms with Gasteiger partial charge in [0.25, 0.3) is 5.78 Å². The van der Waals surface area contributed by atoms with Gasteiger partial charge in [0.15, 0.2) is 0 Å². The van der Waals surface area contributed by atoms with Crippen LogP contribution < -0.4 is 4.74 Å². The first-order valence-electron chi connectivity index (χ1n) is 8.10. The van der Waals surface area contributed by atoms with Gasteiger partial charge in [0, 0.05) is 23.4 Å². The van der Waals surface area contributed by atoms with E-state index in [0.717, 1.165) is 12.1 Å². The molecule has 1 aromatic heterocycles. The number of carboxylic acids is 1. The summed E-state index contributed by atoms with van der Waals surface area (Å²) in [5.74, 6) is -4.76. The average molecular weight is 387 g/mol. The lowest BCUT2D eigenvalue weighted by Crippen LogP contribution is -2.09. The third kappa shape index (κ3) is 3.44. The second kappa shape index (κ2) is 7.51. The lowest BCUT2D eigenvalue weighted by molar-refractivity contribution is -0.146. The summed E-state index contributed by atoms with van der Waals surface area (Å²) in [6.07, 6.45) is 1.94. The Hall–Kier alpha value is -3.68. The summed E-state index contributed by atoms with van der Waals surface area (Å²) in [6.45, 7) is -0.192. The summed E-state index contributed by atoms with van der Waals surface area (Å²) in [4.78, 5) is 22.2. The number of hydrogen-bond acceptors (Lipinski definition) is 4. The van der Waals surface area contributed by atoms with Crippen molar-refractivity contribution in [2.24, 2.45) is 0 Å². The molecule has 0 fully saturated rings. The van der Waals surface area contributed by atoms with Crippen molar-refractivity contribution in [1.29, 1.82) is 0 Å². The Kier molecular flexibility index (Phi) is 5.12. The Balaban J connectivity index is 2.20. The zero-order valence-electron chi connectivity index (χ0n) is 14.6. The monoisotopic (exact) mass is 387 g/mol. The van der Waals surface area contributed by atoms with E-state index >= 15 is 0 Å². The molecule has 2 N–H and O–H groups in total. The number of rotatable bonds is 6. The lowest BCUT2D eigenvalue weighted by Gasteiger charge is -2.08. The van der Waals surface area contributed by atoms with Crippen LogP contribution in [0.15, 0.2) is 48.7 Å². The molecule has 0 unspecified atom stereocenters. The molecule has 1 heterocycles. The van der Waals surface area contributed by atoms with Crippen LogP contribution in [0, 0.1) is 11.6 Å². The van der Waals surface area contributed by atoms with E-state index < -0.39 is 29.1 Å². The molecule has 144 valence electrons. The number of ketones is 1. The first-order chi connectivity index (χ1) is 13.3. The molecule has 8 heteroatoms. The lowest BCUT2D eigenvalue weighted by atomic mass is 10.1. The molecule has 0 radical (unpaired) electrons. The molecule has 0 bridgehead atoms. The molecule has 3 aromatic rings. The molecule has 0 amide bonds. The summed E-state index contributed by atoms with van der Waals surface area (Å²) >= 11 is 0. The maximum atomic E-state index is 14.1. The van der Waals surface area contributed by atoms with Crippen LogP contribution in [0.4, 0.5) is 8.78 Å². The largest absolute Gasteiger partial charge is 0.507 e. The summed E-state index contributed by atoms with van der Waals surface area (Å²) < 4.78 is 34.9. The van der Waals surface area contributed by atoms with Crippen molar-refractivity contribution in [1.82, 2.24) is 4.57 Å². The Morgan fingerprint density at radius 2 is 1.75 bits per heavy atom. The molecule has 3 rings (SSSR count). The normalized spacial score (nSPS) is 11.6. The fraction of sp³-hybridized carbons (Fsp3) is 0.100. The molecule has 0 aliphatic rings. The van der Waals surface area contributed by atoms with Crippen molar-refractivity contribution < 1.29 is 33.3 Å². The quantitative estimate of drug-likeness (QED) is 0.384. The minimum Gasteiger partial charge on any atom is -0.507 e. The topological polar surface area (TPSA) is 88.8 Å². The number of aromatic nitrogens is 1. The van der Waals surface area contributed by atoms with E-state index in [-0.39, 0.29) is 17.7 Å². The first-order valence-corrected chi connectivity index (χ1v) is 8.10. The summed E-state index contributed by atoms with van der Waals surface area (Å²) in [5, 5.41) is 19.4. The maximum Gasteiger partial charge on any atom is 0.376 e. The average Bonchev–Trinajstić information content (AvgIpc) is 3.03. The van der Waals surface area contributed by atoms with Gasteiger partial charge in [-0.2, -0.15) is 0 Å². The zero-order chi connectivity index (χ0) is 20.4. The second-order valence-electron chi connectivity index (χ2n) is 5.92. The van der Waals surface area contributed by atoms with Crippen LogP contribution >= 0.6 is 0 Å². The molecule has 0 saturated heterocycles. The number of fused-ring (bicyclic) bond motifs is 1. The highest BCUT2D eigenvalue weighted by molar-refractivity contribution is 6.38. The summed E-state index contributed by atoms with van der Waals surface area (Å²) in [5.41, 5.74) is 0.386. The van der Waals surface area contributed by atoms with Crippen molar-refractivity contribution in [2.75, 3.05) is 7.11 Å². The predicted molar refractivity (Wildman–Crippen MR) is 97.2 cm³/mol. The molecule has 0 aliphatic heterocycles. The highest BCUT2D eigenvalue weighted by Gasteiger charge is 2.20. The van der Waals surface area contributed by atoms with Gasteiger partial charge in [0.1, 0.15) is 23.1 Å². The molecule has 28 heavy (non-hydrogen) atoms. The number of aliphatic hydroxyl groups excluding tert-OH is 1. The van der Waals surface area contributed by atoms with Gasteiger partial charge < -0.3 is 19.5 Å². The number of carbonyl (C=O) groups is 2. The van der Waals surface area contributed by atoms with Crippen molar-refractivity contribution in [3.63, 3.8) is 0 Å². The van der Waals surface area contributed by atoms with E-state index in [0.29, 0.717) is 22.7 Å². The standard InChI is InChI=1S/C20H15F2NO5/c1-28-18-7-3-6-15-19(18)12(16(24)8-17(25)20(26)27)10-23(15)9-11-13(21)4-2-5-14(11)22/h2-8,10,24H,9H2,1H3,(H,26,27)/b16-8+. The van der Waals surface area contributed by atoms with Gasteiger partial charge in [-0.05, 0) is 24.3 Å². The second-order valence-corrected chi connectivity index (χ2v) is 5.92. The number of ether oxygens (including phenoxy) is 1. The molecule has 0 spiro atoms. The Labute approximate surface area is 157 Å². The van der Waals surface area contributed by atoms with Crippen LogP contribution in [0.25, 0.3) is 16.7 Å². The molecule has 0 saturated carbocycles. The highest BCUT2D eigenvalue weighted by atomic mass is 19.1. The zero-order valence-corrected chi connectivity index (χ0v) is 14.6. The van der Waals surface area contributed by atoms with Gasteiger partial charge in [0.2, 0.25) is 0 Å². The summed E-state index contributed by atoms with van der Waals surface area (Å²) in [7, 11) is 1.40. The number of carbonyl (C=O) groups excluding carboxylic acids is 1. The van der Waals surface area contributed by atoms with E-state index in [1.54, 1.807) is 18.2 Å². The third-order valence-corrected chi connectivity index (χ3v) is 4.23.